The van der Waals surface area contributed by atoms with Crippen molar-refractivity contribution in [2.24, 2.45) is 0 Å². The van der Waals surface area contributed by atoms with Crippen LogP contribution in [-0.4, -0.2) is 31.8 Å². The Balaban J connectivity index is 1.41. The fraction of sp³-hybridized carbons (Fsp3) is 0.316. The van der Waals surface area contributed by atoms with Gasteiger partial charge in [0.05, 0.1) is 6.10 Å². The summed E-state index contributed by atoms with van der Waals surface area (Å²) in [6.07, 6.45) is 2.21. The molecule has 2 aromatic carbocycles. The van der Waals surface area contributed by atoms with Crippen LogP contribution in [-0.2, 0) is 9.53 Å². The van der Waals surface area contributed by atoms with Crippen molar-refractivity contribution in [3.8, 4) is 17.2 Å². The van der Waals surface area contributed by atoms with Crippen LogP contribution in [0.3, 0.4) is 0 Å². The summed E-state index contributed by atoms with van der Waals surface area (Å²) < 4.78 is 16.6. The molecule has 0 aromatic heterocycles. The molecule has 1 aliphatic rings. The van der Waals surface area contributed by atoms with Gasteiger partial charge < -0.3 is 19.5 Å². The molecule has 1 N–H and O–H groups in total. The first-order valence-corrected chi connectivity index (χ1v) is 8.14. The summed E-state index contributed by atoms with van der Waals surface area (Å²) in [7, 11) is 0. The lowest BCUT2D eigenvalue weighted by Crippen LogP contribution is -2.35. The molecule has 0 spiro atoms. The lowest BCUT2D eigenvalue weighted by atomic mass is 10.2. The van der Waals surface area contributed by atoms with E-state index in [2.05, 4.69) is 5.32 Å². The lowest BCUT2D eigenvalue weighted by molar-refractivity contribution is -0.123. The van der Waals surface area contributed by atoms with Crippen LogP contribution in [0.2, 0.25) is 0 Å². The molecule has 0 bridgehead atoms. The van der Waals surface area contributed by atoms with E-state index in [9.17, 15) is 4.79 Å². The highest BCUT2D eigenvalue weighted by Crippen LogP contribution is 2.23. The molecule has 5 heteroatoms. The monoisotopic (exact) mass is 327 g/mol. The van der Waals surface area contributed by atoms with Crippen LogP contribution in [0.1, 0.15) is 12.8 Å². The average molecular weight is 327 g/mol. The third-order valence-electron chi connectivity index (χ3n) is 3.72. The summed E-state index contributed by atoms with van der Waals surface area (Å²) in [5.74, 6) is 1.98. The Hall–Kier alpha value is -2.53. The first-order chi connectivity index (χ1) is 11.8. The Bertz CT molecular complexity index is 636. The SMILES string of the molecule is O=C(COc1ccc(Oc2ccccc2)cc1)NC[C@@H]1CCCO1. The van der Waals surface area contributed by atoms with E-state index in [4.69, 9.17) is 14.2 Å². The Morgan fingerprint density at radius 1 is 1.04 bits per heavy atom. The van der Waals surface area contributed by atoms with Crippen LogP contribution < -0.4 is 14.8 Å². The second-order valence-corrected chi connectivity index (χ2v) is 5.61. The number of hydrogen-bond donors (Lipinski definition) is 1. The molecule has 2 aromatic rings. The Labute approximate surface area is 141 Å². The van der Waals surface area contributed by atoms with Crippen LogP contribution in [0.4, 0.5) is 0 Å². The summed E-state index contributed by atoms with van der Waals surface area (Å²) in [6.45, 7) is 1.33. The van der Waals surface area contributed by atoms with Crippen LogP contribution in [0, 0.1) is 0 Å². The summed E-state index contributed by atoms with van der Waals surface area (Å²) in [5, 5.41) is 2.83. The number of nitrogens with one attached hydrogen (secondary N) is 1. The highest BCUT2D eigenvalue weighted by Gasteiger charge is 2.16. The minimum absolute atomic E-state index is 0.00832. The molecule has 0 radical (unpaired) electrons. The number of hydrogen-bond acceptors (Lipinski definition) is 4. The molecule has 3 rings (SSSR count). The standard InChI is InChI=1S/C19H21NO4/c21-19(20-13-18-7-4-12-22-18)14-23-15-8-10-17(11-9-15)24-16-5-2-1-3-6-16/h1-3,5-6,8-11,18H,4,7,12-14H2,(H,20,21)/t18-/m0/s1. The van der Waals surface area contributed by atoms with Gasteiger partial charge in [0.15, 0.2) is 6.61 Å². The van der Waals surface area contributed by atoms with Gasteiger partial charge in [-0.2, -0.15) is 0 Å². The third-order valence-corrected chi connectivity index (χ3v) is 3.72. The van der Waals surface area contributed by atoms with Crippen molar-refractivity contribution in [3.05, 3.63) is 54.6 Å². The molecule has 1 aliphatic heterocycles. The molecular formula is C19H21NO4. The van der Waals surface area contributed by atoms with Gasteiger partial charge in [0.25, 0.3) is 5.91 Å². The predicted molar refractivity (Wildman–Crippen MR) is 90.4 cm³/mol. The molecule has 1 fully saturated rings. The van der Waals surface area contributed by atoms with Gasteiger partial charge in [-0.15, -0.1) is 0 Å². The Morgan fingerprint density at radius 3 is 2.46 bits per heavy atom. The highest BCUT2D eigenvalue weighted by atomic mass is 16.5. The van der Waals surface area contributed by atoms with Gasteiger partial charge in [0.1, 0.15) is 17.2 Å². The number of carbonyl (C=O) groups excluding carboxylic acids is 1. The summed E-state index contributed by atoms with van der Waals surface area (Å²) in [5.41, 5.74) is 0. The zero-order valence-corrected chi connectivity index (χ0v) is 13.4. The van der Waals surface area contributed by atoms with E-state index in [1.54, 1.807) is 12.1 Å². The number of benzene rings is 2. The zero-order valence-electron chi connectivity index (χ0n) is 13.4. The fourth-order valence-corrected chi connectivity index (χ4v) is 2.46. The van der Waals surface area contributed by atoms with E-state index in [1.807, 2.05) is 42.5 Å². The number of ether oxygens (including phenoxy) is 3. The van der Waals surface area contributed by atoms with Crippen molar-refractivity contribution >= 4 is 5.91 Å². The maximum absolute atomic E-state index is 11.8. The maximum atomic E-state index is 11.8. The summed E-state index contributed by atoms with van der Waals surface area (Å²) in [4.78, 5) is 11.8. The van der Waals surface area contributed by atoms with E-state index < -0.39 is 0 Å². The number of para-hydroxylation sites is 1. The molecule has 1 atom stereocenters. The maximum Gasteiger partial charge on any atom is 0.258 e. The number of amides is 1. The van der Waals surface area contributed by atoms with E-state index in [0.717, 1.165) is 30.9 Å². The van der Waals surface area contributed by atoms with E-state index in [1.165, 1.54) is 0 Å². The average Bonchev–Trinajstić information content (AvgIpc) is 3.14. The summed E-state index contributed by atoms with van der Waals surface area (Å²) >= 11 is 0. The van der Waals surface area contributed by atoms with Gasteiger partial charge >= 0.3 is 0 Å². The normalized spacial score (nSPS) is 16.6. The molecule has 1 amide bonds. The van der Waals surface area contributed by atoms with Crippen LogP contribution in [0.15, 0.2) is 54.6 Å². The van der Waals surface area contributed by atoms with Crippen LogP contribution in [0.5, 0.6) is 17.2 Å². The molecule has 5 nitrogen and oxygen atoms in total. The van der Waals surface area contributed by atoms with Crippen molar-refractivity contribution in [3.63, 3.8) is 0 Å². The van der Waals surface area contributed by atoms with Gasteiger partial charge in [0, 0.05) is 13.2 Å². The van der Waals surface area contributed by atoms with Crippen molar-refractivity contribution in [1.82, 2.24) is 5.32 Å². The summed E-state index contributed by atoms with van der Waals surface area (Å²) in [6, 6.07) is 16.7. The molecule has 24 heavy (non-hydrogen) atoms. The molecule has 126 valence electrons. The van der Waals surface area contributed by atoms with Crippen molar-refractivity contribution in [2.45, 2.75) is 18.9 Å². The second kappa shape index (κ2) is 8.36. The first kappa shape index (κ1) is 16.3. The zero-order chi connectivity index (χ0) is 16.6. The molecule has 1 heterocycles. The van der Waals surface area contributed by atoms with Crippen LogP contribution in [0.25, 0.3) is 0 Å². The molecule has 0 aliphatic carbocycles. The van der Waals surface area contributed by atoms with Crippen LogP contribution >= 0.6 is 0 Å². The Kier molecular flexibility index (Phi) is 5.69. The molecule has 1 saturated heterocycles. The quantitative estimate of drug-likeness (QED) is 0.849. The molecular weight excluding hydrogens is 306 g/mol. The number of carbonyl (C=O) groups is 1. The predicted octanol–water partition coefficient (Wildman–Crippen LogP) is 3.15. The Morgan fingerprint density at radius 2 is 1.75 bits per heavy atom. The van der Waals surface area contributed by atoms with Crippen molar-refractivity contribution in [2.75, 3.05) is 19.8 Å². The highest BCUT2D eigenvalue weighted by molar-refractivity contribution is 5.77. The van der Waals surface area contributed by atoms with Gasteiger partial charge in [-0.05, 0) is 49.2 Å². The first-order valence-electron chi connectivity index (χ1n) is 8.14. The van der Waals surface area contributed by atoms with E-state index in [-0.39, 0.29) is 18.6 Å². The second-order valence-electron chi connectivity index (χ2n) is 5.61. The van der Waals surface area contributed by atoms with Crippen molar-refractivity contribution in [1.29, 1.82) is 0 Å². The van der Waals surface area contributed by atoms with E-state index in [0.29, 0.717) is 12.3 Å². The van der Waals surface area contributed by atoms with Gasteiger partial charge in [-0.3, -0.25) is 4.79 Å². The van der Waals surface area contributed by atoms with E-state index >= 15 is 0 Å². The minimum atomic E-state index is -0.143. The fourth-order valence-electron chi connectivity index (χ4n) is 2.46. The van der Waals surface area contributed by atoms with Gasteiger partial charge in [0.2, 0.25) is 0 Å². The minimum Gasteiger partial charge on any atom is -0.484 e. The lowest BCUT2D eigenvalue weighted by Gasteiger charge is -2.11. The van der Waals surface area contributed by atoms with Gasteiger partial charge in [-0.25, -0.2) is 0 Å². The smallest absolute Gasteiger partial charge is 0.258 e. The molecule has 0 unspecified atom stereocenters. The third kappa shape index (κ3) is 4.99. The molecule has 0 saturated carbocycles. The van der Waals surface area contributed by atoms with Crippen molar-refractivity contribution < 1.29 is 19.0 Å². The topological polar surface area (TPSA) is 56.8 Å². The van der Waals surface area contributed by atoms with Gasteiger partial charge in [-0.1, -0.05) is 18.2 Å². The number of rotatable bonds is 7. The largest absolute Gasteiger partial charge is 0.484 e.